The first kappa shape index (κ1) is 13.5. The Hall–Kier alpha value is -0.960. The molecule has 1 N–H and O–H groups in total. The lowest BCUT2D eigenvalue weighted by Gasteiger charge is -2.56. The Labute approximate surface area is 133 Å². The molecule has 3 saturated carbocycles. The maximum Gasteiger partial charge on any atom is 0.167 e. The van der Waals surface area contributed by atoms with E-state index in [0.29, 0.717) is 24.7 Å². The lowest BCUT2D eigenvalue weighted by Crippen LogP contribution is -2.50. The molecule has 3 nitrogen and oxygen atoms in total. The first-order valence-electron chi connectivity index (χ1n) is 9.24. The van der Waals surface area contributed by atoms with Gasteiger partial charge in [0.25, 0.3) is 0 Å². The molecule has 22 heavy (non-hydrogen) atoms. The van der Waals surface area contributed by atoms with Crippen LogP contribution in [0.5, 0.6) is 0 Å². The van der Waals surface area contributed by atoms with Gasteiger partial charge >= 0.3 is 0 Å². The average molecular weight is 304 g/mol. The summed E-state index contributed by atoms with van der Waals surface area (Å²) in [5, 5.41) is 10.1. The molecular weight excluding hydrogens is 276 g/mol. The molecule has 0 unspecified atom stereocenters. The van der Waals surface area contributed by atoms with Crippen LogP contribution >= 0.6 is 0 Å². The molecule has 0 aromatic rings. The Bertz CT molecular complexity index is 612. The summed E-state index contributed by atoms with van der Waals surface area (Å²) in [7, 11) is 0. The summed E-state index contributed by atoms with van der Waals surface area (Å²) in [4.78, 5) is 24.3. The molecule has 0 aromatic heterocycles. The van der Waals surface area contributed by atoms with Crippen LogP contribution in [0, 0.1) is 28.6 Å². The van der Waals surface area contributed by atoms with Crippen LogP contribution in [-0.2, 0) is 9.59 Å². The molecule has 0 amide bonds. The molecular formula is C19H26O3. The van der Waals surface area contributed by atoms with E-state index >= 15 is 0 Å². The normalized spacial score (nSPS) is 55.0. The van der Waals surface area contributed by atoms with Gasteiger partial charge in [-0.15, -0.1) is 0 Å². The van der Waals surface area contributed by atoms with E-state index in [1.165, 1.54) is 5.57 Å². The second-order valence-corrected chi connectivity index (χ2v) is 8.31. The van der Waals surface area contributed by atoms with Crippen molar-refractivity contribution in [2.75, 3.05) is 0 Å². The molecule has 0 saturated heterocycles. The van der Waals surface area contributed by atoms with Crippen LogP contribution in [0.25, 0.3) is 0 Å². The third-order valence-corrected chi connectivity index (χ3v) is 7.44. The maximum absolute atomic E-state index is 12.5. The third-order valence-electron chi connectivity index (χ3n) is 7.44. The first-order chi connectivity index (χ1) is 10.8. The maximum atomic E-state index is 12.5. The highest BCUT2D eigenvalue weighted by Crippen LogP contribution is 2.64. The predicted octanol–water partition coefficient (Wildman–Crippen LogP) is 3.06. The molecule has 0 spiro atoms. The van der Waals surface area contributed by atoms with Gasteiger partial charge in [-0.3, -0.25) is 9.59 Å². The molecule has 4 aliphatic rings. The molecule has 4 aliphatic carbocycles. The highest BCUT2D eigenvalue weighted by atomic mass is 16.3. The smallest absolute Gasteiger partial charge is 0.167 e. The topological polar surface area (TPSA) is 54.4 Å². The number of allylic oxidation sites excluding steroid dienone is 1. The third kappa shape index (κ3) is 1.72. The summed E-state index contributed by atoms with van der Waals surface area (Å²) < 4.78 is 8.59. The van der Waals surface area contributed by atoms with Crippen LogP contribution in [-0.4, -0.2) is 22.8 Å². The molecule has 0 aromatic carbocycles. The van der Waals surface area contributed by atoms with Crippen molar-refractivity contribution in [2.24, 2.45) is 28.6 Å². The van der Waals surface area contributed by atoms with E-state index in [0.717, 1.165) is 25.7 Å². The Morgan fingerprint density at radius 1 is 1.18 bits per heavy atom. The minimum Gasteiger partial charge on any atom is -0.385 e. The highest BCUT2D eigenvalue weighted by molar-refractivity contribution is 5.92. The Balaban J connectivity index is 1.73. The Morgan fingerprint density at radius 3 is 2.73 bits per heavy atom. The number of ketones is 2. The van der Waals surface area contributed by atoms with Crippen molar-refractivity contribution < 1.29 is 16.1 Å². The van der Waals surface area contributed by atoms with Gasteiger partial charge in [0.2, 0.25) is 0 Å². The molecule has 3 heteroatoms. The minimum absolute atomic E-state index is 0.0358. The van der Waals surface area contributed by atoms with Gasteiger partial charge in [0, 0.05) is 13.2 Å². The fourth-order valence-electron chi connectivity index (χ4n) is 6.13. The van der Waals surface area contributed by atoms with E-state index in [1.54, 1.807) is 0 Å². The van der Waals surface area contributed by atoms with Crippen molar-refractivity contribution >= 4 is 11.6 Å². The average Bonchev–Trinajstić information content (AvgIpc) is 2.73. The summed E-state index contributed by atoms with van der Waals surface area (Å²) in [6, 6.07) is 0. The number of Topliss-reactive ketones (excluding diaryl/α,β-unsaturated/α-hetero) is 1. The van der Waals surface area contributed by atoms with E-state index in [4.69, 9.17) is 1.37 Å². The van der Waals surface area contributed by atoms with E-state index in [-0.39, 0.29) is 34.7 Å². The first-order valence-corrected chi connectivity index (χ1v) is 8.67. The van der Waals surface area contributed by atoms with Crippen LogP contribution < -0.4 is 0 Å². The number of hydrogen-bond acceptors (Lipinski definition) is 3. The van der Waals surface area contributed by atoms with Gasteiger partial charge in [0.05, 0.1) is 0 Å². The molecule has 0 aliphatic heterocycles. The predicted molar refractivity (Wildman–Crippen MR) is 83.1 cm³/mol. The number of carbonyl (C=O) groups is 2. The van der Waals surface area contributed by atoms with E-state index in [2.05, 4.69) is 6.92 Å². The van der Waals surface area contributed by atoms with Crippen LogP contribution in [0.2, 0.25) is 0 Å². The van der Waals surface area contributed by atoms with E-state index < -0.39 is 6.10 Å². The number of aliphatic hydroxyl groups excluding tert-OH is 1. The summed E-state index contributed by atoms with van der Waals surface area (Å²) >= 11 is 0. The zero-order valence-corrected chi connectivity index (χ0v) is 13.5. The van der Waals surface area contributed by atoms with Crippen molar-refractivity contribution in [1.29, 1.82) is 0 Å². The van der Waals surface area contributed by atoms with Crippen LogP contribution in [0.15, 0.2) is 11.6 Å². The van der Waals surface area contributed by atoms with Crippen LogP contribution in [0.3, 0.4) is 0 Å². The fourth-order valence-corrected chi connectivity index (χ4v) is 6.13. The summed E-state index contributed by atoms with van der Waals surface area (Å²) in [6.07, 6.45) is 5.18. The number of hydrogen-bond donors (Lipinski definition) is 1. The highest BCUT2D eigenvalue weighted by Gasteiger charge is 2.61. The zero-order chi connectivity index (χ0) is 16.6. The summed E-state index contributed by atoms with van der Waals surface area (Å²) in [6.45, 7) is 4.22. The number of fused-ring (bicyclic) bond motifs is 5. The second kappa shape index (κ2) is 4.53. The van der Waals surface area contributed by atoms with Gasteiger partial charge in [-0.05, 0) is 67.7 Å². The molecule has 0 heterocycles. The Kier molecular flexibility index (Phi) is 2.78. The van der Waals surface area contributed by atoms with Gasteiger partial charge in [0.15, 0.2) is 11.6 Å². The van der Waals surface area contributed by atoms with Crippen molar-refractivity contribution in [3.05, 3.63) is 11.6 Å². The molecule has 0 radical (unpaired) electrons. The number of rotatable bonds is 0. The zero-order valence-electron chi connectivity index (χ0n) is 14.5. The van der Waals surface area contributed by atoms with E-state index in [1.807, 2.05) is 13.0 Å². The van der Waals surface area contributed by atoms with E-state index in [9.17, 15) is 14.7 Å². The van der Waals surface area contributed by atoms with Gasteiger partial charge in [-0.1, -0.05) is 19.4 Å². The lowest BCUT2D eigenvalue weighted by molar-refractivity contribution is -0.137. The minimum atomic E-state index is -0.798. The van der Waals surface area contributed by atoms with Gasteiger partial charge < -0.3 is 5.11 Å². The molecule has 3 fully saturated rings. The van der Waals surface area contributed by atoms with Gasteiger partial charge in [-0.25, -0.2) is 0 Å². The largest absolute Gasteiger partial charge is 0.385 e. The SMILES string of the molecule is [3H][C@@H]1CC(=O)C=C2CC[C@@H]3[C@H](CC[C@]4(C)C(=O)[C@H](O)C[C@@H]34)[C@]21C. The standard InChI is InChI=1S/C19H26O3/c1-18-7-5-12(20)9-11(18)3-4-13-14(18)6-8-19(2)15(13)10-16(21)17(19)22/h9,13-16,21H,3-8,10H2,1-2H3/t13-,14+,15+,16-,18+,19+/m1/s1/i7T/t7-,13-,14+,15+,16-,18+,19+. The molecule has 7 atom stereocenters. The van der Waals surface area contributed by atoms with Crippen LogP contribution in [0.1, 0.15) is 60.1 Å². The fraction of sp³-hybridized carbons (Fsp3) is 0.789. The van der Waals surface area contributed by atoms with Gasteiger partial charge in [0.1, 0.15) is 6.10 Å². The number of aliphatic hydroxyl groups is 1. The van der Waals surface area contributed by atoms with Crippen molar-refractivity contribution in [3.63, 3.8) is 0 Å². The summed E-state index contributed by atoms with van der Waals surface area (Å²) in [5.41, 5.74) is 0.568. The summed E-state index contributed by atoms with van der Waals surface area (Å²) in [5.74, 6) is 1.15. The second-order valence-electron chi connectivity index (χ2n) is 8.31. The molecule has 120 valence electrons. The molecule has 0 bridgehead atoms. The quantitative estimate of drug-likeness (QED) is 0.748. The monoisotopic (exact) mass is 304 g/mol. The lowest BCUT2D eigenvalue weighted by atomic mass is 9.47. The van der Waals surface area contributed by atoms with Crippen molar-refractivity contribution in [1.82, 2.24) is 0 Å². The number of carbonyl (C=O) groups excluding carboxylic acids is 2. The Morgan fingerprint density at radius 2 is 1.95 bits per heavy atom. The van der Waals surface area contributed by atoms with Crippen molar-refractivity contribution in [2.45, 2.75) is 64.9 Å². The van der Waals surface area contributed by atoms with Gasteiger partial charge in [-0.2, -0.15) is 0 Å². The molecule has 4 rings (SSSR count). The van der Waals surface area contributed by atoms with Crippen molar-refractivity contribution in [3.8, 4) is 0 Å². The van der Waals surface area contributed by atoms with Crippen LogP contribution in [0.4, 0.5) is 0 Å².